The molecule has 98 valence electrons. The van der Waals surface area contributed by atoms with E-state index in [1.807, 2.05) is 6.92 Å². The summed E-state index contributed by atoms with van der Waals surface area (Å²) in [5.74, 6) is 1.04. The molecule has 0 aromatic heterocycles. The molecule has 0 atom stereocenters. The van der Waals surface area contributed by atoms with Crippen LogP contribution in [-0.2, 0) is 4.74 Å². The second-order valence-corrected chi connectivity index (χ2v) is 4.59. The fraction of sp³-hybridized carbons (Fsp3) is 0.500. The SMILES string of the molecule is CCOc1cc(N)cc(C(=O)OCCC2CC2)c1. The van der Waals surface area contributed by atoms with Crippen molar-refractivity contribution in [3.8, 4) is 5.75 Å². The highest BCUT2D eigenvalue weighted by molar-refractivity contribution is 5.91. The van der Waals surface area contributed by atoms with Crippen molar-refractivity contribution < 1.29 is 14.3 Å². The topological polar surface area (TPSA) is 61.5 Å². The van der Waals surface area contributed by atoms with E-state index in [-0.39, 0.29) is 5.97 Å². The third kappa shape index (κ3) is 3.65. The lowest BCUT2D eigenvalue weighted by atomic mass is 10.2. The molecule has 0 unspecified atom stereocenters. The largest absolute Gasteiger partial charge is 0.494 e. The van der Waals surface area contributed by atoms with Crippen molar-refractivity contribution in [1.29, 1.82) is 0 Å². The number of hydrogen-bond donors (Lipinski definition) is 1. The van der Waals surface area contributed by atoms with E-state index in [2.05, 4.69) is 0 Å². The van der Waals surface area contributed by atoms with Gasteiger partial charge in [0.15, 0.2) is 0 Å². The summed E-state index contributed by atoms with van der Waals surface area (Å²) in [5.41, 5.74) is 6.69. The molecule has 0 heterocycles. The van der Waals surface area contributed by atoms with Crippen LogP contribution >= 0.6 is 0 Å². The number of esters is 1. The average Bonchev–Trinajstić information content (AvgIpc) is 3.12. The number of nitrogens with two attached hydrogens (primary N) is 1. The summed E-state index contributed by atoms with van der Waals surface area (Å²) in [6, 6.07) is 4.98. The first kappa shape index (κ1) is 12.7. The Bertz CT molecular complexity index is 427. The molecule has 2 rings (SSSR count). The lowest BCUT2D eigenvalue weighted by Gasteiger charge is -2.08. The van der Waals surface area contributed by atoms with Crippen molar-refractivity contribution >= 4 is 11.7 Å². The molecular weight excluding hydrogens is 230 g/mol. The number of hydrogen-bond acceptors (Lipinski definition) is 4. The maximum atomic E-state index is 11.8. The lowest BCUT2D eigenvalue weighted by molar-refractivity contribution is 0.0494. The first-order valence-corrected chi connectivity index (χ1v) is 6.39. The van der Waals surface area contributed by atoms with E-state index < -0.39 is 0 Å². The van der Waals surface area contributed by atoms with E-state index in [1.54, 1.807) is 18.2 Å². The maximum Gasteiger partial charge on any atom is 0.338 e. The van der Waals surface area contributed by atoms with Crippen molar-refractivity contribution in [3.63, 3.8) is 0 Å². The number of carbonyl (C=O) groups excluding carboxylic acids is 1. The number of benzene rings is 1. The fourth-order valence-corrected chi connectivity index (χ4v) is 1.80. The molecule has 0 aliphatic heterocycles. The van der Waals surface area contributed by atoms with E-state index in [1.165, 1.54) is 12.8 Å². The first-order chi connectivity index (χ1) is 8.69. The molecule has 1 fully saturated rings. The van der Waals surface area contributed by atoms with Crippen LogP contribution < -0.4 is 10.5 Å². The highest BCUT2D eigenvalue weighted by Crippen LogP contribution is 2.32. The molecule has 1 aromatic carbocycles. The van der Waals surface area contributed by atoms with Crippen LogP contribution in [0.25, 0.3) is 0 Å². The number of carbonyl (C=O) groups is 1. The van der Waals surface area contributed by atoms with Gasteiger partial charge >= 0.3 is 5.97 Å². The van der Waals surface area contributed by atoms with Gasteiger partial charge < -0.3 is 15.2 Å². The Balaban J connectivity index is 1.94. The highest BCUT2D eigenvalue weighted by atomic mass is 16.5. The number of nitrogen functional groups attached to an aromatic ring is 1. The zero-order chi connectivity index (χ0) is 13.0. The molecule has 1 saturated carbocycles. The predicted octanol–water partition coefficient (Wildman–Crippen LogP) is 2.62. The van der Waals surface area contributed by atoms with Crippen molar-refractivity contribution in [2.45, 2.75) is 26.2 Å². The van der Waals surface area contributed by atoms with Gasteiger partial charge in [-0.25, -0.2) is 4.79 Å². The zero-order valence-electron chi connectivity index (χ0n) is 10.6. The number of anilines is 1. The molecule has 0 spiro atoms. The van der Waals surface area contributed by atoms with E-state index in [0.29, 0.717) is 30.2 Å². The Morgan fingerprint density at radius 1 is 1.39 bits per heavy atom. The smallest absolute Gasteiger partial charge is 0.338 e. The van der Waals surface area contributed by atoms with Crippen LogP contribution in [0.15, 0.2) is 18.2 Å². The second-order valence-electron chi connectivity index (χ2n) is 4.59. The Kier molecular flexibility index (Phi) is 4.07. The Labute approximate surface area is 107 Å². The van der Waals surface area contributed by atoms with Crippen LogP contribution in [0.5, 0.6) is 5.75 Å². The van der Waals surface area contributed by atoms with E-state index >= 15 is 0 Å². The minimum Gasteiger partial charge on any atom is -0.494 e. The van der Waals surface area contributed by atoms with Crippen molar-refractivity contribution in [2.24, 2.45) is 5.92 Å². The molecule has 1 aliphatic carbocycles. The van der Waals surface area contributed by atoms with Gasteiger partial charge in [-0.3, -0.25) is 0 Å². The van der Waals surface area contributed by atoms with Crippen molar-refractivity contribution in [2.75, 3.05) is 18.9 Å². The Hall–Kier alpha value is -1.71. The van der Waals surface area contributed by atoms with Gasteiger partial charge in [-0.15, -0.1) is 0 Å². The predicted molar refractivity (Wildman–Crippen MR) is 69.6 cm³/mol. The monoisotopic (exact) mass is 249 g/mol. The number of rotatable bonds is 6. The van der Waals surface area contributed by atoms with Crippen LogP contribution in [0.2, 0.25) is 0 Å². The standard InChI is InChI=1S/C14H19NO3/c1-2-17-13-8-11(7-12(15)9-13)14(16)18-6-5-10-3-4-10/h7-10H,2-6,15H2,1H3. The molecule has 0 radical (unpaired) electrons. The third-order valence-corrected chi connectivity index (χ3v) is 2.93. The van der Waals surface area contributed by atoms with Crippen LogP contribution in [0.4, 0.5) is 5.69 Å². The molecule has 0 saturated heterocycles. The molecule has 0 amide bonds. The van der Waals surface area contributed by atoms with Gasteiger partial charge in [-0.05, 0) is 31.4 Å². The van der Waals surface area contributed by atoms with Gasteiger partial charge in [0, 0.05) is 11.8 Å². The lowest BCUT2D eigenvalue weighted by Crippen LogP contribution is -2.08. The third-order valence-electron chi connectivity index (χ3n) is 2.93. The van der Waals surface area contributed by atoms with Gasteiger partial charge in [-0.1, -0.05) is 12.8 Å². The molecule has 18 heavy (non-hydrogen) atoms. The van der Waals surface area contributed by atoms with Crippen LogP contribution in [0, 0.1) is 5.92 Å². The van der Waals surface area contributed by atoms with Crippen molar-refractivity contribution in [3.05, 3.63) is 23.8 Å². The Morgan fingerprint density at radius 3 is 2.83 bits per heavy atom. The average molecular weight is 249 g/mol. The quantitative estimate of drug-likeness (QED) is 0.622. The van der Waals surface area contributed by atoms with Gasteiger partial charge in [0.25, 0.3) is 0 Å². The van der Waals surface area contributed by atoms with E-state index in [4.69, 9.17) is 15.2 Å². The Morgan fingerprint density at radius 2 is 2.17 bits per heavy atom. The summed E-state index contributed by atoms with van der Waals surface area (Å²) in [6.07, 6.45) is 3.50. The minimum atomic E-state index is -0.330. The summed E-state index contributed by atoms with van der Waals surface area (Å²) in [7, 11) is 0. The van der Waals surface area contributed by atoms with Gasteiger partial charge in [-0.2, -0.15) is 0 Å². The van der Waals surface area contributed by atoms with Gasteiger partial charge in [0.1, 0.15) is 5.75 Å². The molecule has 0 bridgehead atoms. The van der Waals surface area contributed by atoms with Gasteiger partial charge in [0.05, 0.1) is 18.8 Å². The molecule has 4 heteroatoms. The first-order valence-electron chi connectivity index (χ1n) is 6.39. The molecular formula is C14H19NO3. The van der Waals surface area contributed by atoms with Crippen LogP contribution in [0.1, 0.15) is 36.5 Å². The maximum absolute atomic E-state index is 11.8. The second kappa shape index (κ2) is 5.76. The fourth-order valence-electron chi connectivity index (χ4n) is 1.80. The summed E-state index contributed by atoms with van der Waals surface area (Å²) < 4.78 is 10.6. The summed E-state index contributed by atoms with van der Waals surface area (Å²) in [5, 5.41) is 0. The summed E-state index contributed by atoms with van der Waals surface area (Å²) >= 11 is 0. The van der Waals surface area contributed by atoms with E-state index in [9.17, 15) is 4.79 Å². The van der Waals surface area contributed by atoms with E-state index in [0.717, 1.165) is 12.3 Å². The van der Waals surface area contributed by atoms with Gasteiger partial charge in [0.2, 0.25) is 0 Å². The summed E-state index contributed by atoms with van der Waals surface area (Å²) in [4.78, 5) is 11.8. The van der Waals surface area contributed by atoms with Crippen LogP contribution in [0.3, 0.4) is 0 Å². The number of ether oxygens (including phenoxy) is 2. The summed E-state index contributed by atoms with van der Waals surface area (Å²) in [6.45, 7) is 2.92. The molecule has 1 aromatic rings. The van der Waals surface area contributed by atoms with Crippen molar-refractivity contribution in [1.82, 2.24) is 0 Å². The molecule has 4 nitrogen and oxygen atoms in total. The molecule has 2 N–H and O–H groups in total. The highest BCUT2D eigenvalue weighted by Gasteiger charge is 2.21. The molecule has 1 aliphatic rings. The normalized spacial score (nSPS) is 14.3. The van der Waals surface area contributed by atoms with Crippen LogP contribution in [-0.4, -0.2) is 19.2 Å². The zero-order valence-corrected chi connectivity index (χ0v) is 10.6. The minimum absolute atomic E-state index is 0.330.